The quantitative estimate of drug-likeness (QED) is 0.759. The predicted octanol–water partition coefficient (Wildman–Crippen LogP) is 2.14. The van der Waals surface area contributed by atoms with Crippen LogP contribution in [0.15, 0.2) is 41.2 Å². The summed E-state index contributed by atoms with van der Waals surface area (Å²) in [5, 5.41) is 2.62. The topological polar surface area (TPSA) is 84.1 Å². The number of amides is 1. The second-order valence-electron chi connectivity index (χ2n) is 5.23. The molecular formula is C17H13F2N3O3. The van der Waals surface area contributed by atoms with E-state index in [1.165, 1.54) is 31.4 Å². The van der Waals surface area contributed by atoms with Crippen LogP contribution in [0.4, 0.5) is 8.78 Å². The van der Waals surface area contributed by atoms with Crippen LogP contribution in [0.1, 0.15) is 16.2 Å². The number of hydrogen-bond donors (Lipinski definition) is 2. The molecule has 128 valence electrons. The van der Waals surface area contributed by atoms with Crippen LogP contribution in [0.25, 0.3) is 10.9 Å². The number of nitrogens with one attached hydrogen (secondary N) is 2. The number of ether oxygens (including phenoxy) is 1. The first-order valence-electron chi connectivity index (χ1n) is 7.28. The number of aromatic amines is 1. The first-order valence-corrected chi connectivity index (χ1v) is 7.28. The van der Waals surface area contributed by atoms with Crippen molar-refractivity contribution in [3.8, 4) is 5.75 Å². The molecule has 0 radical (unpaired) electrons. The summed E-state index contributed by atoms with van der Waals surface area (Å²) in [4.78, 5) is 30.5. The van der Waals surface area contributed by atoms with Gasteiger partial charge in [-0.3, -0.25) is 9.59 Å². The number of nitrogens with zero attached hydrogens (tertiary/aromatic N) is 1. The first kappa shape index (κ1) is 16.6. The summed E-state index contributed by atoms with van der Waals surface area (Å²) in [7, 11) is 1.34. The molecule has 0 aliphatic heterocycles. The number of carbonyl (C=O) groups is 1. The minimum absolute atomic E-state index is 0.0554. The van der Waals surface area contributed by atoms with E-state index in [2.05, 4.69) is 15.3 Å². The lowest BCUT2D eigenvalue weighted by atomic mass is 10.2. The Morgan fingerprint density at radius 3 is 2.80 bits per heavy atom. The second-order valence-corrected chi connectivity index (χ2v) is 5.23. The zero-order valence-electron chi connectivity index (χ0n) is 13.1. The number of rotatable bonds is 4. The summed E-state index contributed by atoms with van der Waals surface area (Å²) < 4.78 is 31.4. The third-order valence-corrected chi connectivity index (χ3v) is 3.55. The highest BCUT2D eigenvalue weighted by Gasteiger charge is 2.12. The minimum atomic E-state index is -0.619. The van der Waals surface area contributed by atoms with Gasteiger partial charge in [-0.2, -0.15) is 0 Å². The third kappa shape index (κ3) is 3.47. The van der Waals surface area contributed by atoms with Gasteiger partial charge in [0.15, 0.2) is 17.4 Å². The van der Waals surface area contributed by atoms with Crippen LogP contribution in [-0.2, 0) is 6.54 Å². The second kappa shape index (κ2) is 6.68. The minimum Gasteiger partial charge on any atom is -0.494 e. The van der Waals surface area contributed by atoms with Crippen LogP contribution in [0.5, 0.6) is 5.75 Å². The highest BCUT2D eigenvalue weighted by molar-refractivity contribution is 5.92. The van der Waals surface area contributed by atoms with Gasteiger partial charge < -0.3 is 15.0 Å². The normalized spacial score (nSPS) is 10.7. The van der Waals surface area contributed by atoms with E-state index in [1.54, 1.807) is 0 Å². The number of halogens is 2. The molecule has 3 aromatic rings. The Morgan fingerprint density at radius 2 is 2.04 bits per heavy atom. The molecule has 1 amide bonds. The largest absolute Gasteiger partial charge is 0.494 e. The molecule has 0 atom stereocenters. The van der Waals surface area contributed by atoms with Gasteiger partial charge in [0, 0.05) is 6.54 Å². The van der Waals surface area contributed by atoms with Gasteiger partial charge >= 0.3 is 0 Å². The van der Waals surface area contributed by atoms with Gasteiger partial charge in [-0.25, -0.2) is 13.8 Å². The molecule has 0 bridgehead atoms. The third-order valence-electron chi connectivity index (χ3n) is 3.55. The van der Waals surface area contributed by atoms with Gasteiger partial charge in [0.25, 0.3) is 11.5 Å². The van der Waals surface area contributed by atoms with E-state index in [4.69, 9.17) is 4.74 Å². The Hall–Kier alpha value is -3.29. The molecule has 0 aliphatic carbocycles. The summed E-state index contributed by atoms with van der Waals surface area (Å²) in [6.07, 6.45) is 0. The first-order chi connectivity index (χ1) is 12.0. The average molecular weight is 345 g/mol. The number of carbonyl (C=O) groups excluding carboxylic acids is 1. The van der Waals surface area contributed by atoms with Gasteiger partial charge in [-0.15, -0.1) is 0 Å². The Morgan fingerprint density at radius 1 is 1.24 bits per heavy atom. The molecule has 0 unspecified atom stereocenters. The number of fused-ring (bicyclic) bond motifs is 1. The fourth-order valence-corrected chi connectivity index (χ4v) is 2.30. The van der Waals surface area contributed by atoms with E-state index >= 15 is 0 Å². The van der Waals surface area contributed by atoms with E-state index in [1.807, 2.05) is 0 Å². The lowest BCUT2D eigenvalue weighted by Gasteiger charge is -2.08. The van der Waals surface area contributed by atoms with Crippen molar-refractivity contribution in [2.24, 2.45) is 0 Å². The molecule has 1 heterocycles. The Balaban J connectivity index is 1.81. The van der Waals surface area contributed by atoms with Crippen molar-refractivity contribution in [1.82, 2.24) is 15.3 Å². The van der Waals surface area contributed by atoms with Crippen LogP contribution in [0.2, 0.25) is 0 Å². The van der Waals surface area contributed by atoms with Crippen molar-refractivity contribution in [3.63, 3.8) is 0 Å². The Bertz CT molecular complexity index is 1020. The average Bonchev–Trinajstić information content (AvgIpc) is 2.61. The van der Waals surface area contributed by atoms with Crippen molar-refractivity contribution in [2.45, 2.75) is 6.54 Å². The molecular weight excluding hydrogens is 332 g/mol. The summed E-state index contributed by atoms with van der Waals surface area (Å²) in [6.45, 7) is 0.0840. The molecule has 0 saturated carbocycles. The summed E-state index contributed by atoms with van der Waals surface area (Å²) >= 11 is 0. The standard InChI is InChI=1S/C17H13F2N3O3/c1-25-14-6-9(2-4-12(14)19)8-20-17(24)15-21-13-5-3-10(18)7-11(13)16(23)22-15/h2-7H,8H2,1H3,(H,20,24)(H,21,22,23). The molecule has 6 nitrogen and oxygen atoms in total. The lowest BCUT2D eigenvalue weighted by Crippen LogP contribution is -2.27. The van der Waals surface area contributed by atoms with Crippen LogP contribution < -0.4 is 15.6 Å². The van der Waals surface area contributed by atoms with Crippen molar-refractivity contribution in [1.29, 1.82) is 0 Å². The van der Waals surface area contributed by atoms with E-state index in [9.17, 15) is 18.4 Å². The summed E-state index contributed by atoms with van der Waals surface area (Å²) in [5.74, 6) is -1.83. The zero-order valence-corrected chi connectivity index (χ0v) is 13.1. The number of hydrogen-bond acceptors (Lipinski definition) is 4. The maximum absolute atomic E-state index is 13.4. The van der Waals surface area contributed by atoms with Gasteiger partial charge in [0.05, 0.1) is 18.0 Å². The highest BCUT2D eigenvalue weighted by Crippen LogP contribution is 2.18. The molecule has 25 heavy (non-hydrogen) atoms. The van der Waals surface area contributed by atoms with E-state index in [-0.39, 0.29) is 29.0 Å². The number of methoxy groups -OCH3 is 1. The Kier molecular flexibility index (Phi) is 4.42. The smallest absolute Gasteiger partial charge is 0.287 e. The van der Waals surface area contributed by atoms with Crippen molar-refractivity contribution >= 4 is 16.8 Å². The maximum Gasteiger partial charge on any atom is 0.287 e. The van der Waals surface area contributed by atoms with Crippen LogP contribution in [0, 0.1) is 11.6 Å². The van der Waals surface area contributed by atoms with E-state index in [0.717, 1.165) is 12.1 Å². The van der Waals surface area contributed by atoms with Gasteiger partial charge in [-0.05, 0) is 35.9 Å². The number of benzene rings is 2. The molecule has 2 N–H and O–H groups in total. The maximum atomic E-state index is 13.4. The molecule has 0 saturated heterocycles. The lowest BCUT2D eigenvalue weighted by molar-refractivity contribution is 0.0940. The molecule has 0 aliphatic rings. The molecule has 3 rings (SSSR count). The summed E-state index contributed by atoms with van der Waals surface area (Å²) in [6, 6.07) is 7.70. The molecule has 8 heteroatoms. The monoisotopic (exact) mass is 345 g/mol. The van der Waals surface area contributed by atoms with Gasteiger partial charge in [0.1, 0.15) is 5.82 Å². The SMILES string of the molecule is COc1cc(CNC(=O)c2nc3ccc(F)cc3c(=O)[nH]2)ccc1F. The summed E-state index contributed by atoms with van der Waals surface area (Å²) in [5.41, 5.74) is 0.202. The van der Waals surface area contributed by atoms with Crippen LogP contribution >= 0.6 is 0 Å². The Labute approximate surface area is 140 Å². The van der Waals surface area contributed by atoms with E-state index in [0.29, 0.717) is 5.56 Å². The molecule has 2 aromatic carbocycles. The van der Waals surface area contributed by atoms with Crippen molar-refractivity contribution in [2.75, 3.05) is 7.11 Å². The fourth-order valence-electron chi connectivity index (χ4n) is 2.30. The van der Waals surface area contributed by atoms with Crippen molar-refractivity contribution in [3.05, 3.63) is 69.8 Å². The van der Waals surface area contributed by atoms with Gasteiger partial charge in [0.2, 0.25) is 0 Å². The van der Waals surface area contributed by atoms with Gasteiger partial charge in [-0.1, -0.05) is 6.07 Å². The molecule has 0 spiro atoms. The van der Waals surface area contributed by atoms with Crippen LogP contribution in [-0.4, -0.2) is 23.0 Å². The predicted molar refractivity (Wildman–Crippen MR) is 86.4 cm³/mol. The fraction of sp³-hybridized carbons (Fsp3) is 0.118. The molecule has 1 aromatic heterocycles. The molecule has 0 fully saturated rings. The van der Waals surface area contributed by atoms with Crippen molar-refractivity contribution < 1.29 is 18.3 Å². The number of aromatic nitrogens is 2. The highest BCUT2D eigenvalue weighted by atomic mass is 19.1. The number of H-pyrrole nitrogens is 1. The van der Waals surface area contributed by atoms with E-state index < -0.39 is 23.1 Å². The zero-order chi connectivity index (χ0) is 18.0. The van der Waals surface area contributed by atoms with Crippen LogP contribution in [0.3, 0.4) is 0 Å².